The highest BCUT2D eigenvalue weighted by atomic mass is 19.4. The highest BCUT2D eigenvalue weighted by Crippen LogP contribution is 2.47. The normalized spacial score (nSPS) is 19.6. The van der Waals surface area contributed by atoms with Crippen molar-refractivity contribution >= 4 is 27.6 Å². The van der Waals surface area contributed by atoms with Gasteiger partial charge in [0.15, 0.2) is 11.5 Å². The van der Waals surface area contributed by atoms with Crippen molar-refractivity contribution in [3.63, 3.8) is 0 Å². The first-order valence-electron chi connectivity index (χ1n) is 15.5. The van der Waals surface area contributed by atoms with Crippen molar-refractivity contribution in [1.82, 2.24) is 30.4 Å². The monoisotopic (exact) mass is 674 g/mol. The first-order chi connectivity index (χ1) is 22.9. The molecule has 0 radical (unpaired) electrons. The van der Waals surface area contributed by atoms with E-state index in [4.69, 9.17) is 4.74 Å². The van der Waals surface area contributed by atoms with E-state index in [9.17, 15) is 27.2 Å². The van der Waals surface area contributed by atoms with Crippen LogP contribution >= 0.6 is 0 Å². The van der Waals surface area contributed by atoms with E-state index in [1.54, 1.807) is 11.0 Å². The molecule has 0 bridgehead atoms. The molecule has 0 saturated carbocycles. The average Bonchev–Trinajstić information content (AvgIpc) is 3.73. The van der Waals surface area contributed by atoms with Gasteiger partial charge in [0.2, 0.25) is 0 Å². The maximum atomic E-state index is 16.9. The average molecular weight is 675 g/mol. The van der Waals surface area contributed by atoms with Gasteiger partial charge in [0.1, 0.15) is 29.8 Å². The number of fused-ring (bicyclic) bond motifs is 3. The Morgan fingerprint density at radius 1 is 1.12 bits per heavy atom. The lowest BCUT2D eigenvalue weighted by molar-refractivity contribution is -0.137. The maximum absolute atomic E-state index is 16.9. The van der Waals surface area contributed by atoms with Crippen LogP contribution in [0.15, 0.2) is 24.3 Å². The predicted molar refractivity (Wildman–Crippen MR) is 162 cm³/mol. The second-order valence-electron chi connectivity index (χ2n) is 12.5. The lowest BCUT2D eigenvalue weighted by atomic mass is 9.89. The summed E-state index contributed by atoms with van der Waals surface area (Å²) in [6.07, 6.45) is -2.59. The number of ether oxygens (including phenoxy) is 1. The number of halogens is 7. The second kappa shape index (κ2) is 11.9. The zero-order valence-corrected chi connectivity index (χ0v) is 25.6. The number of aromatic amines is 1. The van der Waals surface area contributed by atoms with Crippen LogP contribution in [0.2, 0.25) is 0 Å². The Bertz CT molecular complexity index is 1990. The molecule has 7 rings (SSSR count). The van der Waals surface area contributed by atoms with Gasteiger partial charge in [-0.25, -0.2) is 8.78 Å². The summed E-state index contributed by atoms with van der Waals surface area (Å²) in [5, 5.41) is 18.3. The van der Waals surface area contributed by atoms with Crippen molar-refractivity contribution < 1.29 is 35.5 Å². The predicted octanol–water partition coefficient (Wildman–Crippen LogP) is 6.22. The molecule has 2 aromatic carbocycles. The summed E-state index contributed by atoms with van der Waals surface area (Å²) in [7, 11) is 0. The summed E-state index contributed by atoms with van der Waals surface area (Å²) in [6, 6.07) is 2.55. The third-order valence-corrected chi connectivity index (χ3v) is 9.64. The number of rotatable bonds is 6. The van der Waals surface area contributed by atoms with E-state index in [0.29, 0.717) is 0 Å². The third kappa shape index (κ3) is 5.38. The molecule has 4 aromatic rings. The minimum Gasteiger partial charge on any atom is -0.461 e. The largest absolute Gasteiger partial charge is 0.461 e. The summed E-state index contributed by atoms with van der Waals surface area (Å²) < 4.78 is 109. The number of benzene rings is 2. The van der Waals surface area contributed by atoms with Crippen LogP contribution in [0.1, 0.15) is 42.5 Å². The summed E-state index contributed by atoms with van der Waals surface area (Å²) >= 11 is 0. The zero-order chi connectivity index (χ0) is 34.0. The lowest BCUT2D eigenvalue weighted by Crippen LogP contribution is -2.50. The van der Waals surface area contributed by atoms with Crippen LogP contribution in [0, 0.1) is 29.9 Å². The molecular formula is C32H29F7N8O. The van der Waals surface area contributed by atoms with Gasteiger partial charge >= 0.3 is 12.2 Å². The molecule has 1 atom stereocenters. The Kier molecular flexibility index (Phi) is 7.94. The number of anilines is 1. The van der Waals surface area contributed by atoms with Crippen molar-refractivity contribution in [3.8, 4) is 23.2 Å². The van der Waals surface area contributed by atoms with E-state index >= 15 is 8.78 Å². The highest BCUT2D eigenvalue weighted by molar-refractivity contribution is 6.03. The fraction of sp³-hybridized carbons (Fsp3) is 0.438. The summed E-state index contributed by atoms with van der Waals surface area (Å²) in [4.78, 5) is 12.7. The molecule has 0 aliphatic carbocycles. The minimum absolute atomic E-state index is 0.0165. The van der Waals surface area contributed by atoms with Crippen molar-refractivity contribution in [2.24, 2.45) is 0 Å². The van der Waals surface area contributed by atoms with E-state index < -0.39 is 63.2 Å². The number of aryl methyl sites for hydroxylation is 1. The smallest absolute Gasteiger partial charge is 0.417 e. The third-order valence-electron chi connectivity index (χ3n) is 9.64. The summed E-state index contributed by atoms with van der Waals surface area (Å²) in [6.45, 7) is 3.50. The van der Waals surface area contributed by atoms with Crippen LogP contribution in [-0.4, -0.2) is 76.0 Å². The first-order valence-corrected chi connectivity index (χ1v) is 15.5. The van der Waals surface area contributed by atoms with Crippen molar-refractivity contribution in [3.05, 3.63) is 52.7 Å². The SMILES string of the molecule is Cc1cc2[nH]nc(C#N)c2c(-c2c(F)cc3c(N4CCNC(C=C(F)F)C4)nc(OCC45CCCN4CCC5)nc3c2F)c1C(F)(F)F. The first kappa shape index (κ1) is 32.1. The Labute approximate surface area is 269 Å². The molecule has 252 valence electrons. The van der Waals surface area contributed by atoms with Crippen LogP contribution in [0.3, 0.4) is 0 Å². The molecule has 3 fully saturated rings. The number of piperazine rings is 1. The van der Waals surface area contributed by atoms with Crippen molar-refractivity contribution in [2.45, 2.75) is 50.4 Å². The molecule has 2 aromatic heterocycles. The Morgan fingerprint density at radius 2 is 1.88 bits per heavy atom. The van der Waals surface area contributed by atoms with E-state index in [-0.39, 0.29) is 60.1 Å². The van der Waals surface area contributed by atoms with Gasteiger partial charge in [-0.05, 0) is 69.5 Å². The van der Waals surface area contributed by atoms with E-state index in [2.05, 4.69) is 30.4 Å². The number of nitrogens with zero attached hydrogens (tertiary/aromatic N) is 6. The number of nitrogens with one attached hydrogen (secondary N) is 2. The van der Waals surface area contributed by atoms with Crippen molar-refractivity contribution in [2.75, 3.05) is 44.2 Å². The van der Waals surface area contributed by atoms with Gasteiger partial charge in [0, 0.05) is 42.0 Å². The fourth-order valence-electron chi connectivity index (χ4n) is 7.61. The quantitative estimate of drug-likeness (QED) is 0.233. The molecule has 3 saturated heterocycles. The molecule has 1 unspecified atom stereocenters. The number of nitriles is 1. The number of aromatic nitrogens is 4. The standard InChI is InChI=1S/C32H29F7N8O/c1-16-10-20-24(21(13-40)45-44-20)25(26(16)32(37,38)39)23-19(33)12-18-28(27(23)36)42-30(48-15-31-4-2-7-47(31)8-3-5-31)43-29(18)46-9-6-41-17(14-46)11-22(34)35/h10-12,17,41H,2-9,14-15H2,1H3,(H,44,45). The molecule has 9 nitrogen and oxygen atoms in total. The topological polar surface area (TPSA) is 106 Å². The Balaban J connectivity index is 1.45. The van der Waals surface area contributed by atoms with Gasteiger partial charge in [-0.1, -0.05) is 0 Å². The highest BCUT2D eigenvalue weighted by Gasteiger charge is 2.45. The zero-order valence-electron chi connectivity index (χ0n) is 25.6. The number of alkyl halides is 3. The Morgan fingerprint density at radius 3 is 2.56 bits per heavy atom. The number of H-pyrrole nitrogens is 1. The molecule has 0 amide bonds. The Hall–Kier alpha value is -4.49. The number of hydrogen-bond acceptors (Lipinski definition) is 8. The van der Waals surface area contributed by atoms with Crippen LogP contribution in [0.25, 0.3) is 32.9 Å². The van der Waals surface area contributed by atoms with E-state index in [1.807, 2.05) is 0 Å². The van der Waals surface area contributed by atoms with Gasteiger partial charge in [-0.2, -0.15) is 42.3 Å². The van der Waals surface area contributed by atoms with Gasteiger partial charge < -0.3 is 15.0 Å². The number of hydrogen-bond donors (Lipinski definition) is 2. The van der Waals surface area contributed by atoms with Crippen LogP contribution in [0.4, 0.5) is 36.6 Å². The summed E-state index contributed by atoms with van der Waals surface area (Å²) in [5.41, 5.74) is -4.90. The molecular weight excluding hydrogens is 645 g/mol. The van der Waals surface area contributed by atoms with Crippen LogP contribution < -0.4 is 15.0 Å². The van der Waals surface area contributed by atoms with Gasteiger partial charge in [0.05, 0.1) is 22.2 Å². The molecule has 0 spiro atoms. The maximum Gasteiger partial charge on any atom is 0.417 e. The van der Waals surface area contributed by atoms with Crippen molar-refractivity contribution in [1.29, 1.82) is 5.26 Å². The molecule has 2 N–H and O–H groups in total. The molecule has 16 heteroatoms. The summed E-state index contributed by atoms with van der Waals surface area (Å²) in [5.74, 6) is -2.81. The van der Waals surface area contributed by atoms with Gasteiger partial charge in [0.25, 0.3) is 6.08 Å². The molecule has 3 aliphatic rings. The van der Waals surface area contributed by atoms with E-state index in [1.165, 1.54) is 0 Å². The van der Waals surface area contributed by atoms with Gasteiger partial charge in [-0.15, -0.1) is 0 Å². The van der Waals surface area contributed by atoms with E-state index in [0.717, 1.165) is 63.9 Å². The van der Waals surface area contributed by atoms with Crippen LogP contribution in [0.5, 0.6) is 6.01 Å². The molecule has 5 heterocycles. The molecule has 48 heavy (non-hydrogen) atoms. The van der Waals surface area contributed by atoms with Crippen LogP contribution in [-0.2, 0) is 6.18 Å². The second-order valence-corrected chi connectivity index (χ2v) is 12.5. The minimum atomic E-state index is -5.07. The lowest BCUT2D eigenvalue weighted by Gasteiger charge is -2.34. The fourth-order valence-corrected chi connectivity index (χ4v) is 7.61. The molecule has 3 aliphatic heterocycles. The van der Waals surface area contributed by atoms with Gasteiger partial charge in [-0.3, -0.25) is 10.00 Å².